The summed E-state index contributed by atoms with van der Waals surface area (Å²) in [5, 5.41) is 10.9. The van der Waals surface area contributed by atoms with Crippen LogP contribution >= 0.6 is 0 Å². The predicted molar refractivity (Wildman–Crippen MR) is 156 cm³/mol. The molecule has 1 saturated heterocycles. The second kappa shape index (κ2) is 16.1. The summed E-state index contributed by atoms with van der Waals surface area (Å²) in [5.41, 5.74) is 3.86. The summed E-state index contributed by atoms with van der Waals surface area (Å²) < 4.78 is 31.2. The first-order valence-electron chi connectivity index (χ1n) is 14.9. The van der Waals surface area contributed by atoms with E-state index in [2.05, 4.69) is 11.0 Å². The maximum Gasteiger partial charge on any atom is 0.305 e. The number of aliphatic hydroxyl groups excluding tert-OH is 1. The van der Waals surface area contributed by atoms with Crippen LogP contribution in [0.2, 0.25) is 0 Å². The topological polar surface area (TPSA) is 68.2 Å². The van der Waals surface area contributed by atoms with Crippen LogP contribution in [-0.2, 0) is 27.1 Å². The van der Waals surface area contributed by atoms with Crippen LogP contribution in [0.5, 0.6) is 5.75 Å². The number of unbranched alkanes of at least 4 members (excludes halogenated alkanes) is 1. The summed E-state index contributed by atoms with van der Waals surface area (Å²) in [4.78, 5) is 14.0. The van der Waals surface area contributed by atoms with Gasteiger partial charge in [0.25, 0.3) is 0 Å². The van der Waals surface area contributed by atoms with Gasteiger partial charge < -0.3 is 19.3 Å². The molecule has 0 radical (unpaired) electrons. The van der Waals surface area contributed by atoms with Crippen LogP contribution in [0.1, 0.15) is 88.2 Å². The van der Waals surface area contributed by atoms with Gasteiger partial charge in [-0.25, -0.2) is 4.39 Å². The van der Waals surface area contributed by atoms with E-state index in [1.165, 1.54) is 0 Å². The number of nitrogens with zero attached hydrogens (tertiary/aromatic N) is 1. The Morgan fingerprint density at radius 2 is 1.95 bits per heavy atom. The van der Waals surface area contributed by atoms with E-state index in [0.717, 1.165) is 67.5 Å². The smallest absolute Gasteiger partial charge is 0.305 e. The van der Waals surface area contributed by atoms with E-state index >= 15 is 0 Å². The number of hydrogen-bond acceptors (Lipinski definition) is 6. The molecule has 0 saturated carbocycles. The maximum absolute atomic E-state index is 14.0. The minimum atomic E-state index is -0.624. The summed E-state index contributed by atoms with van der Waals surface area (Å²) in [6, 6.07) is 11.9. The Morgan fingerprint density at radius 1 is 1.15 bits per heavy atom. The number of carbonyl (C=O) groups excluding carboxylic acids is 1. The zero-order valence-electron chi connectivity index (χ0n) is 25.0. The van der Waals surface area contributed by atoms with Gasteiger partial charge in [-0.2, -0.15) is 0 Å². The molecule has 222 valence electrons. The van der Waals surface area contributed by atoms with Crippen LogP contribution in [0.25, 0.3) is 0 Å². The average Bonchev–Trinajstić information content (AvgIpc) is 3.33. The van der Waals surface area contributed by atoms with Crippen molar-refractivity contribution in [3.05, 3.63) is 64.5 Å². The molecular weight excluding hydrogens is 509 g/mol. The molecule has 2 aromatic carbocycles. The molecule has 1 heterocycles. The Labute approximate surface area is 239 Å². The van der Waals surface area contributed by atoms with Crippen LogP contribution in [0.15, 0.2) is 36.4 Å². The molecule has 1 aliphatic rings. The third-order valence-electron chi connectivity index (χ3n) is 7.50. The summed E-state index contributed by atoms with van der Waals surface area (Å²) in [5.74, 6) is 0.481. The number of aliphatic hydroxyl groups is 1. The summed E-state index contributed by atoms with van der Waals surface area (Å²) in [6.45, 7) is 11.7. The number of esters is 1. The van der Waals surface area contributed by atoms with Crippen LogP contribution < -0.4 is 4.74 Å². The molecule has 40 heavy (non-hydrogen) atoms. The molecule has 1 N–H and O–H groups in total. The molecule has 3 atom stereocenters. The molecule has 6 nitrogen and oxygen atoms in total. The lowest BCUT2D eigenvalue weighted by Gasteiger charge is -2.28. The third kappa shape index (κ3) is 10.2. The van der Waals surface area contributed by atoms with E-state index in [-0.39, 0.29) is 30.6 Å². The predicted octanol–water partition coefficient (Wildman–Crippen LogP) is 6.34. The standard InChI is InChI=1S/C33H48FNO5/c1-6-38-33(37)12-8-7-10-27-15-16-30(40-23(2)3)20-31(27)25(5)39-22-29(36)21-35-17-9-11-28(35)18-26-14-13-24(4)32(34)19-26/h13-16,19-20,23,25,28-29,36H,6-12,17-18,21-22H2,1-5H3/t25-,28+,29-/m1/s1. The number of likely N-dealkylation sites (tertiary alicyclic amines) is 1. The molecule has 0 unspecified atom stereocenters. The van der Waals surface area contributed by atoms with E-state index in [4.69, 9.17) is 14.2 Å². The first-order chi connectivity index (χ1) is 19.2. The normalized spacial score (nSPS) is 17.2. The fourth-order valence-electron chi connectivity index (χ4n) is 5.41. The van der Waals surface area contributed by atoms with Crippen LogP contribution in [-0.4, -0.2) is 60.5 Å². The number of ether oxygens (including phenoxy) is 3. The molecule has 3 rings (SSSR count). The number of aryl methyl sites for hydroxylation is 2. The van der Waals surface area contributed by atoms with E-state index in [1.807, 2.05) is 52.0 Å². The lowest BCUT2D eigenvalue weighted by molar-refractivity contribution is -0.143. The van der Waals surface area contributed by atoms with Crippen molar-refractivity contribution in [2.75, 3.05) is 26.3 Å². The fraction of sp³-hybridized carbons (Fsp3) is 0.606. The Hall–Kier alpha value is -2.48. The second-order valence-corrected chi connectivity index (χ2v) is 11.2. The van der Waals surface area contributed by atoms with E-state index in [9.17, 15) is 14.3 Å². The summed E-state index contributed by atoms with van der Waals surface area (Å²) in [7, 11) is 0. The van der Waals surface area contributed by atoms with Crippen molar-refractivity contribution in [1.82, 2.24) is 4.90 Å². The van der Waals surface area contributed by atoms with Gasteiger partial charge in [0.05, 0.1) is 31.5 Å². The van der Waals surface area contributed by atoms with Gasteiger partial charge in [-0.05, 0) is 120 Å². The Kier molecular flexibility index (Phi) is 12.9. The van der Waals surface area contributed by atoms with Crippen molar-refractivity contribution < 1.29 is 28.5 Å². The lowest BCUT2D eigenvalue weighted by Crippen LogP contribution is -2.39. The monoisotopic (exact) mass is 557 g/mol. The highest BCUT2D eigenvalue weighted by molar-refractivity contribution is 5.69. The van der Waals surface area contributed by atoms with Crippen molar-refractivity contribution in [3.63, 3.8) is 0 Å². The van der Waals surface area contributed by atoms with E-state index in [1.54, 1.807) is 13.0 Å². The van der Waals surface area contributed by atoms with Crippen molar-refractivity contribution in [3.8, 4) is 5.75 Å². The first-order valence-corrected chi connectivity index (χ1v) is 14.9. The third-order valence-corrected chi connectivity index (χ3v) is 7.50. The minimum Gasteiger partial charge on any atom is -0.491 e. The number of halogens is 1. The molecule has 0 aromatic heterocycles. The van der Waals surface area contributed by atoms with Gasteiger partial charge in [0.2, 0.25) is 0 Å². The minimum absolute atomic E-state index is 0.0612. The SMILES string of the molecule is CCOC(=O)CCCCc1ccc(OC(C)C)cc1[C@@H](C)OC[C@H](O)CN1CCC[C@H]1Cc1ccc(C)c(F)c1. The summed E-state index contributed by atoms with van der Waals surface area (Å²) >= 11 is 0. The Morgan fingerprint density at radius 3 is 2.67 bits per heavy atom. The quantitative estimate of drug-likeness (QED) is 0.192. The molecule has 0 spiro atoms. The number of benzene rings is 2. The molecule has 1 aliphatic heterocycles. The van der Waals surface area contributed by atoms with Crippen molar-refractivity contribution in [1.29, 1.82) is 0 Å². The molecule has 0 aliphatic carbocycles. The molecular formula is C33H48FNO5. The van der Waals surface area contributed by atoms with E-state index < -0.39 is 6.10 Å². The van der Waals surface area contributed by atoms with Gasteiger partial charge in [0, 0.05) is 19.0 Å². The number of β-amino-alcohol motifs (C(OH)–C–C–N with tert-alkyl or cyclic N) is 1. The van der Waals surface area contributed by atoms with Gasteiger partial charge in [-0.3, -0.25) is 9.69 Å². The van der Waals surface area contributed by atoms with Gasteiger partial charge in [0.1, 0.15) is 11.6 Å². The molecule has 7 heteroatoms. The molecule has 0 amide bonds. The second-order valence-electron chi connectivity index (χ2n) is 11.2. The summed E-state index contributed by atoms with van der Waals surface area (Å²) in [6.07, 6.45) is 4.99. The van der Waals surface area contributed by atoms with Gasteiger partial charge in [-0.1, -0.05) is 18.2 Å². The Bertz CT molecular complexity index is 1070. The highest BCUT2D eigenvalue weighted by Gasteiger charge is 2.27. The zero-order chi connectivity index (χ0) is 29.1. The molecule has 2 aromatic rings. The van der Waals surface area contributed by atoms with Gasteiger partial charge >= 0.3 is 5.97 Å². The van der Waals surface area contributed by atoms with Crippen molar-refractivity contribution in [2.24, 2.45) is 0 Å². The lowest BCUT2D eigenvalue weighted by atomic mass is 9.97. The van der Waals surface area contributed by atoms with Crippen molar-refractivity contribution in [2.45, 2.75) is 104 Å². The molecule has 0 bridgehead atoms. The number of carbonyl (C=O) groups is 1. The number of rotatable bonds is 16. The van der Waals surface area contributed by atoms with Crippen LogP contribution in [0.3, 0.4) is 0 Å². The highest BCUT2D eigenvalue weighted by Crippen LogP contribution is 2.29. The maximum atomic E-state index is 14.0. The largest absolute Gasteiger partial charge is 0.491 e. The fourth-order valence-corrected chi connectivity index (χ4v) is 5.41. The van der Waals surface area contributed by atoms with Crippen molar-refractivity contribution >= 4 is 5.97 Å². The first kappa shape index (κ1) is 32.0. The average molecular weight is 558 g/mol. The van der Waals surface area contributed by atoms with Gasteiger partial charge in [0.15, 0.2) is 0 Å². The van der Waals surface area contributed by atoms with Crippen LogP contribution in [0, 0.1) is 12.7 Å². The van der Waals surface area contributed by atoms with E-state index in [0.29, 0.717) is 31.2 Å². The zero-order valence-corrected chi connectivity index (χ0v) is 25.0. The van der Waals surface area contributed by atoms with Gasteiger partial charge in [-0.15, -0.1) is 0 Å². The Balaban J connectivity index is 1.56. The highest BCUT2D eigenvalue weighted by atomic mass is 19.1. The number of hydrogen-bond donors (Lipinski definition) is 1. The molecule has 1 fully saturated rings. The van der Waals surface area contributed by atoms with Crippen LogP contribution in [0.4, 0.5) is 4.39 Å².